The van der Waals surface area contributed by atoms with Gasteiger partial charge in [-0.1, -0.05) is 6.07 Å². The fourth-order valence-corrected chi connectivity index (χ4v) is 2.71. The summed E-state index contributed by atoms with van der Waals surface area (Å²) in [6.07, 6.45) is 7.80. The summed E-state index contributed by atoms with van der Waals surface area (Å²) in [5.74, 6) is -0.0426. The third-order valence-electron chi connectivity index (χ3n) is 3.52. The Morgan fingerprint density at radius 2 is 2.35 bits per heavy atom. The molecule has 1 saturated carbocycles. The molecule has 3 rings (SSSR count). The van der Waals surface area contributed by atoms with Gasteiger partial charge in [-0.15, -0.1) is 0 Å². The van der Waals surface area contributed by atoms with E-state index in [4.69, 9.17) is 0 Å². The highest BCUT2D eigenvalue weighted by Gasteiger charge is 2.28. The average Bonchev–Trinajstić information content (AvgIpc) is 3.22. The minimum Gasteiger partial charge on any atom is -0.344 e. The average molecular weight is 334 g/mol. The predicted molar refractivity (Wildman–Crippen MR) is 80.5 cm³/mol. The second-order valence-electron chi connectivity index (χ2n) is 5.16. The number of rotatable bonds is 4. The first-order chi connectivity index (χ1) is 9.65. The molecule has 104 valence electrons. The molecule has 2 heterocycles. The van der Waals surface area contributed by atoms with Crippen LogP contribution in [0.3, 0.4) is 0 Å². The van der Waals surface area contributed by atoms with Crippen LogP contribution in [0, 0.1) is 0 Å². The molecule has 0 aliphatic heterocycles. The van der Waals surface area contributed by atoms with Crippen molar-refractivity contribution in [2.24, 2.45) is 0 Å². The molecule has 1 aliphatic carbocycles. The number of nitrogens with one attached hydrogen (secondary N) is 1. The van der Waals surface area contributed by atoms with Gasteiger partial charge in [0.15, 0.2) is 0 Å². The summed E-state index contributed by atoms with van der Waals surface area (Å²) in [7, 11) is 0. The fourth-order valence-electron chi connectivity index (χ4n) is 2.27. The number of aromatic nitrogens is 2. The Hall–Kier alpha value is -1.62. The Balaban J connectivity index is 1.76. The van der Waals surface area contributed by atoms with Crippen molar-refractivity contribution in [3.8, 4) is 0 Å². The molecular formula is C15H16BrN3O. The van der Waals surface area contributed by atoms with Gasteiger partial charge in [0.25, 0.3) is 5.91 Å². The number of carbonyl (C=O) groups excluding carboxylic acids is 1. The molecule has 20 heavy (non-hydrogen) atoms. The zero-order chi connectivity index (χ0) is 14.1. The van der Waals surface area contributed by atoms with Gasteiger partial charge in [0.1, 0.15) is 5.69 Å². The summed E-state index contributed by atoms with van der Waals surface area (Å²) >= 11 is 3.45. The van der Waals surface area contributed by atoms with E-state index in [1.807, 2.05) is 31.3 Å². The molecular weight excluding hydrogens is 318 g/mol. The van der Waals surface area contributed by atoms with E-state index in [1.165, 1.54) is 0 Å². The predicted octanol–water partition coefficient (Wildman–Crippen LogP) is 3.47. The van der Waals surface area contributed by atoms with E-state index in [2.05, 4.69) is 30.8 Å². The van der Waals surface area contributed by atoms with Gasteiger partial charge in [0, 0.05) is 29.1 Å². The van der Waals surface area contributed by atoms with Crippen molar-refractivity contribution in [1.29, 1.82) is 0 Å². The van der Waals surface area contributed by atoms with Gasteiger partial charge in [-0.25, -0.2) is 0 Å². The highest BCUT2D eigenvalue weighted by molar-refractivity contribution is 9.10. The van der Waals surface area contributed by atoms with Crippen molar-refractivity contribution in [2.45, 2.75) is 31.8 Å². The standard InChI is InChI=1S/C15H16BrN3O/c1-10(11-3-2-6-17-8-11)18-15(20)14-7-12(16)9-19(14)13-4-5-13/h2-3,6-10,13H,4-5H2,1H3,(H,18,20). The molecule has 0 saturated heterocycles. The van der Waals surface area contributed by atoms with E-state index in [1.54, 1.807) is 12.4 Å². The molecule has 0 aromatic carbocycles. The van der Waals surface area contributed by atoms with Gasteiger partial charge in [-0.2, -0.15) is 0 Å². The lowest BCUT2D eigenvalue weighted by molar-refractivity contribution is 0.0930. The number of hydrogen-bond acceptors (Lipinski definition) is 2. The molecule has 2 aromatic heterocycles. The molecule has 1 aliphatic rings. The fraction of sp³-hybridized carbons (Fsp3) is 0.333. The summed E-state index contributed by atoms with van der Waals surface area (Å²) < 4.78 is 3.01. The van der Waals surface area contributed by atoms with Crippen LogP contribution in [0.15, 0.2) is 41.3 Å². The van der Waals surface area contributed by atoms with Crippen molar-refractivity contribution in [3.63, 3.8) is 0 Å². The van der Waals surface area contributed by atoms with E-state index < -0.39 is 0 Å². The lowest BCUT2D eigenvalue weighted by Gasteiger charge is -2.15. The number of carbonyl (C=O) groups is 1. The number of hydrogen-bond donors (Lipinski definition) is 1. The van der Waals surface area contributed by atoms with E-state index >= 15 is 0 Å². The Morgan fingerprint density at radius 1 is 1.55 bits per heavy atom. The Kier molecular flexibility index (Phi) is 3.61. The molecule has 1 atom stereocenters. The second-order valence-corrected chi connectivity index (χ2v) is 6.08. The summed E-state index contributed by atoms with van der Waals surface area (Å²) in [4.78, 5) is 16.5. The quantitative estimate of drug-likeness (QED) is 0.931. The molecule has 0 radical (unpaired) electrons. The highest BCUT2D eigenvalue weighted by Crippen LogP contribution is 2.37. The van der Waals surface area contributed by atoms with Crippen molar-refractivity contribution in [3.05, 3.63) is 52.5 Å². The molecule has 1 fully saturated rings. The van der Waals surface area contributed by atoms with Crippen molar-refractivity contribution in [1.82, 2.24) is 14.9 Å². The first kappa shape index (κ1) is 13.4. The summed E-state index contributed by atoms with van der Waals surface area (Å²) in [5, 5.41) is 3.03. The Morgan fingerprint density at radius 3 is 3.00 bits per heavy atom. The third-order valence-corrected chi connectivity index (χ3v) is 3.95. The number of pyridine rings is 1. The molecule has 1 amide bonds. The van der Waals surface area contributed by atoms with Crippen LogP contribution in [0.25, 0.3) is 0 Å². The van der Waals surface area contributed by atoms with Gasteiger partial charge in [-0.05, 0) is 53.4 Å². The summed E-state index contributed by atoms with van der Waals surface area (Å²) in [5.41, 5.74) is 1.72. The Labute approximate surface area is 126 Å². The van der Waals surface area contributed by atoms with Crippen molar-refractivity contribution in [2.75, 3.05) is 0 Å². The summed E-state index contributed by atoms with van der Waals surface area (Å²) in [6, 6.07) is 6.15. The van der Waals surface area contributed by atoms with Crippen LogP contribution in [0.1, 0.15) is 47.9 Å². The molecule has 0 spiro atoms. The second kappa shape index (κ2) is 5.40. The van der Waals surface area contributed by atoms with Gasteiger partial charge in [-0.3, -0.25) is 9.78 Å². The molecule has 2 aromatic rings. The zero-order valence-electron chi connectivity index (χ0n) is 11.2. The van der Waals surface area contributed by atoms with Crippen LogP contribution in [-0.2, 0) is 0 Å². The van der Waals surface area contributed by atoms with Crippen molar-refractivity contribution < 1.29 is 4.79 Å². The van der Waals surface area contributed by atoms with Crippen LogP contribution in [0.2, 0.25) is 0 Å². The van der Waals surface area contributed by atoms with Gasteiger partial charge in [0.2, 0.25) is 0 Å². The lowest BCUT2D eigenvalue weighted by Crippen LogP contribution is -2.28. The number of nitrogens with zero attached hydrogens (tertiary/aromatic N) is 2. The minimum absolute atomic E-state index is 0.0426. The number of amides is 1. The normalized spacial score (nSPS) is 15.9. The van der Waals surface area contributed by atoms with Crippen molar-refractivity contribution >= 4 is 21.8 Å². The molecule has 5 heteroatoms. The molecule has 4 nitrogen and oxygen atoms in total. The third kappa shape index (κ3) is 2.77. The van der Waals surface area contributed by atoms with Crippen LogP contribution in [0.4, 0.5) is 0 Å². The van der Waals surface area contributed by atoms with Gasteiger partial charge < -0.3 is 9.88 Å². The van der Waals surface area contributed by atoms with E-state index in [0.29, 0.717) is 6.04 Å². The zero-order valence-corrected chi connectivity index (χ0v) is 12.8. The SMILES string of the molecule is CC(NC(=O)c1cc(Br)cn1C1CC1)c1cccnc1. The van der Waals surface area contributed by atoms with Crippen LogP contribution < -0.4 is 5.32 Å². The molecule has 0 bridgehead atoms. The van der Waals surface area contributed by atoms with Crippen LogP contribution in [0.5, 0.6) is 0 Å². The number of halogens is 1. The Bertz CT molecular complexity index is 619. The smallest absolute Gasteiger partial charge is 0.268 e. The van der Waals surface area contributed by atoms with Crippen LogP contribution in [-0.4, -0.2) is 15.5 Å². The molecule has 1 unspecified atom stereocenters. The first-order valence-electron chi connectivity index (χ1n) is 6.73. The van der Waals surface area contributed by atoms with Gasteiger partial charge in [0.05, 0.1) is 6.04 Å². The topological polar surface area (TPSA) is 46.9 Å². The van der Waals surface area contributed by atoms with Gasteiger partial charge >= 0.3 is 0 Å². The maximum absolute atomic E-state index is 12.4. The molecule has 1 N–H and O–H groups in total. The minimum atomic E-state index is -0.0578. The maximum Gasteiger partial charge on any atom is 0.268 e. The summed E-state index contributed by atoms with van der Waals surface area (Å²) in [6.45, 7) is 1.97. The maximum atomic E-state index is 12.4. The van der Waals surface area contributed by atoms with E-state index in [-0.39, 0.29) is 11.9 Å². The lowest BCUT2D eigenvalue weighted by atomic mass is 10.1. The highest BCUT2D eigenvalue weighted by atomic mass is 79.9. The largest absolute Gasteiger partial charge is 0.344 e. The monoisotopic (exact) mass is 333 g/mol. The van der Waals surface area contributed by atoms with Crippen LogP contribution >= 0.6 is 15.9 Å². The van der Waals surface area contributed by atoms with E-state index in [9.17, 15) is 4.79 Å². The first-order valence-corrected chi connectivity index (χ1v) is 7.52. The van der Waals surface area contributed by atoms with E-state index in [0.717, 1.165) is 28.6 Å².